The first-order valence-electron chi connectivity index (χ1n) is 9.38. The van der Waals surface area contributed by atoms with E-state index in [9.17, 15) is 0 Å². The van der Waals surface area contributed by atoms with Crippen molar-refractivity contribution in [3.63, 3.8) is 0 Å². The Bertz CT molecular complexity index is 411. The minimum Gasteiger partial charge on any atom is -0.301 e. The summed E-state index contributed by atoms with van der Waals surface area (Å²) < 4.78 is 2.19. The van der Waals surface area contributed by atoms with E-state index in [0.29, 0.717) is 6.04 Å². The number of aryl methyl sites for hydroxylation is 1. The molecule has 1 fully saturated rings. The van der Waals surface area contributed by atoms with E-state index in [-0.39, 0.29) is 0 Å². The summed E-state index contributed by atoms with van der Waals surface area (Å²) in [5, 5.41) is 4.51. The molecule has 0 spiro atoms. The molecule has 1 atom stereocenters. The maximum absolute atomic E-state index is 4.51. The minimum absolute atomic E-state index is 0.591. The summed E-state index contributed by atoms with van der Waals surface area (Å²) in [5.74, 6) is 0.871. The predicted molar refractivity (Wildman–Crippen MR) is 94.2 cm³/mol. The SMILES string of the molecule is Cc1cnn(C2CCCN(CCCCCCCC(C)C)C2)c1. The van der Waals surface area contributed by atoms with Gasteiger partial charge >= 0.3 is 0 Å². The van der Waals surface area contributed by atoms with Gasteiger partial charge in [-0.25, -0.2) is 0 Å². The highest BCUT2D eigenvalue weighted by Crippen LogP contribution is 2.21. The molecule has 1 aromatic rings. The molecule has 0 bridgehead atoms. The van der Waals surface area contributed by atoms with Gasteiger partial charge in [-0.2, -0.15) is 5.10 Å². The first-order chi connectivity index (χ1) is 10.6. The molecule has 1 aromatic heterocycles. The number of likely N-dealkylation sites (tertiary alicyclic amines) is 1. The number of hydrogen-bond acceptors (Lipinski definition) is 2. The van der Waals surface area contributed by atoms with Gasteiger partial charge in [-0.15, -0.1) is 0 Å². The molecular formula is C19H35N3. The van der Waals surface area contributed by atoms with Gasteiger partial charge in [0.2, 0.25) is 0 Å². The van der Waals surface area contributed by atoms with Crippen molar-refractivity contribution >= 4 is 0 Å². The van der Waals surface area contributed by atoms with E-state index in [1.165, 1.54) is 76.6 Å². The van der Waals surface area contributed by atoms with Crippen LogP contribution in [-0.2, 0) is 0 Å². The standard InChI is InChI=1S/C19H35N3/c1-17(2)10-7-5-4-6-8-12-21-13-9-11-19(16-21)22-15-18(3)14-20-22/h14-15,17,19H,4-13,16H2,1-3H3. The van der Waals surface area contributed by atoms with Gasteiger partial charge in [-0.05, 0) is 50.8 Å². The zero-order chi connectivity index (χ0) is 15.8. The van der Waals surface area contributed by atoms with Crippen molar-refractivity contribution in [2.45, 2.75) is 78.2 Å². The minimum atomic E-state index is 0.591. The Morgan fingerprint density at radius 3 is 2.68 bits per heavy atom. The van der Waals surface area contributed by atoms with Gasteiger partial charge in [0, 0.05) is 12.7 Å². The van der Waals surface area contributed by atoms with Crippen molar-refractivity contribution in [2.24, 2.45) is 5.92 Å². The average Bonchev–Trinajstić information content (AvgIpc) is 2.93. The molecule has 3 heteroatoms. The van der Waals surface area contributed by atoms with E-state index in [1.807, 2.05) is 6.20 Å². The molecule has 0 amide bonds. The summed E-state index contributed by atoms with van der Waals surface area (Å²) in [5.41, 5.74) is 1.28. The molecule has 22 heavy (non-hydrogen) atoms. The highest BCUT2D eigenvalue weighted by atomic mass is 15.3. The lowest BCUT2D eigenvalue weighted by Gasteiger charge is -2.32. The molecule has 0 N–H and O–H groups in total. The Labute approximate surface area is 137 Å². The molecule has 0 radical (unpaired) electrons. The second-order valence-electron chi connectivity index (χ2n) is 7.54. The number of hydrogen-bond donors (Lipinski definition) is 0. The maximum Gasteiger partial charge on any atom is 0.0646 e. The zero-order valence-corrected chi connectivity index (χ0v) is 14.9. The lowest BCUT2D eigenvalue weighted by atomic mass is 10.0. The summed E-state index contributed by atoms with van der Waals surface area (Å²) in [6.07, 6.45) is 15.2. The van der Waals surface area contributed by atoms with Crippen molar-refractivity contribution in [2.75, 3.05) is 19.6 Å². The predicted octanol–water partition coefficient (Wildman–Crippen LogP) is 4.83. The van der Waals surface area contributed by atoms with Gasteiger partial charge in [0.15, 0.2) is 0 Å². The normalized spacial score (nSPS) is 19.9. The van der Waals surface area contributed by atoms with Crippen molar-refractivity contribution in [1.82, 2.24) is 14.7 Å². The highest BCUT2D eigenvalue weighted by molar-refractivity contribution is 5.01. The Morgan fingerprint density at radius 1 is 1.18 bits per heavy atom. The Morgan fingerprint density at radius 2 is 1.95 bits per heavy atom. The van der Waals surface area contributed by atoms with Crippen LogP contribution >= 0.6 is 0 Å². The molecular weight excluding hydrogens is 270 g/mol. The van der Waals surface area contributed by atoms with E-state index >= 15 is 0 Å². The molecule has 2 rings (SSSR count). The Kier molecular flexibility index (Phi) is 7.44. The van der Waals surface area contributed by atoms with Gasteiger partial charge in [-0.1, -0.05) is 46.0 Å². The van der Waals surface area contributed by atoms with Crippen LogP contribution in [0.15, 0.2) is 12.4 Å². The first kappa shape index (κ1) is 17.5. The van der Waals surface area contributed by atoms with Gasteiger partial charge < -0.3 is 4.90 Å². The lowest BCUT2D eigenvalue weighted by Crippen LogP contribution is -2.37. The van der Waals surface area contributed by atoms with Crippen molar-refractivity contribution < 1.29 is 0 Å². The third-order valence-electron chi connectivity index (χ3n) is 4.84. The van der Waals surface area contributed by atoms with Crippen LogP contribution < -0.4 is 0 Å². The fraction of sp³-hybridized carbons (Fsp3) is 0.842. The van der Waals surface area contributed by atoms with Crippen molar-refractivity contribution in [1.29, 1.82) is 0 Å². The van der Waals surface area contributed by atoms with Crippen LogP contribution in [0.1, 0.15) is 76.8 Å². The number of rotatable bonds is 9. The molecule has 1 aliphatic rings. The van der Waals surface area contributed by atoms with Crippen LogP contribution in [0.25, 0.3) is 0 Å². The van der Waals surface area contributed by atoms with Crippen molar-refractivity contribution in [3.05, 3.63) is 18.0 Å². The fourth-order valence-electron chi connectivity index (χ4n) is 3.50. The molecule has 0 aromatic carbocycles. The molecule has 1 saturated heterocycles. The third-order valence-corrected chi connectivity index (χ3v) is 4.84. The lowest BCUT2D eigenvalue weighted by molar-refractivity contribution is 0.167. The quantitative estimate of drug-likeness (QED) is 0.610. The zero-order valence-electron chi connectivity index (χ0n) is 14.9. The van der Waals surface area contributed by atoms with E-state index in [0.717, 1.165) is 5.92 Å². The molecule has 1 aliphatic heterocycles. The topological polar surface area (TPSA) is 21.1 Å². The molecule has 2 heterocycles. The molecule has 0 saturated carbocycles. The molecule has 126 valence electrons. The highest BCUT2D eigenvalue weighted by Gasteiger charge is 2.21. The number of nitrogens with zero attached hydrogens (tertiary/aromatic N) is 3. The summed E-state index contributed by atoms with van der Waals surface area (Å²) in [6, 6.07) is 0.591. The smallest absolute Gasteiger partial charge is 0.0646 e. The van der Waals surface area contributed by atoms with Crippen LogP contribution in [0.3, 0.4) is 0 Å². The molecule has 0 aliphatic carbocycles. The van der Waals surface area contributed by atoms with Gasteiger partial charge in [0.25, 0.3) is 0 Å². The van der Waals surface area contributed by atoms with E-state index in [1.54, 1.807) is 0 Å². The molecule has 3 nitrogen and oxygen atoms in total. The van der Waals surface area contributed by atoms with Crippen LogP contribution in [0.2, 0.25) is 0 Å². The molecule has 1 unspecified atom stereocenters. The number of aromatic nitrogens is 2. The summed E-state index contributed by atoms with van der Waals surface area (Å²) in [6.45, 7) is 10.5. The largest absolute Gasteiger partial charge is 0.301 e. The third kappa shape index (κ3) is 6.12. The van der Waals surface area contributed by atoms with Crippen molar-refractivity contribution in [3.8, 4) is 0 Å². The van der Waals surface area contributed by atoms with Crippen LogP contribution in [0.4, 0.5) is 0 Å². The second kappa shape index (κ2) is 9.34. The number of piperidine rings is 1. The Hall–Kier alpha value is -0.830. The average molecular weight is 306 g/mol. The second-order valence-corrected chi connectivity index (χ2v) is 7.54. The first-order valence-corrected chi connectivity index (χ1v) is 9.38. The van der Waals surface area contributed by atoms with Crippen LogP contribution in [0, 0.1) is 12.8 Å². The van der Waals surface area contributed by atoms with Crippen LogP contribution in [0.5, 0.6) is 0 Å². The van der Waals surface area contributed by atoms with Crippen LogP contribution in [-0.4, -0.2) is 34.3 Å². The Balaban J connectivity index is 1.58. The van der Waals surface area contributed by atoms with Gasteiger partial charge in [-0.3, -0.25) is 4.68 Å². The van der Waals surface area contributed by atoms with Gasteiger partial charge in [0.05, 0.1) is 12.2 Å². The van der Waals surface area contributed by atoms with E-state index in [2.05, 4.69) is 41.6 Å². The monoisotopic (exact) mass is 305 g/mol. The number of unbranched alkanes of at least 4 members (excludes halogenated alkanes) is 4. The summed E-state index contributed by atoms with van der Waals surface area (Å²) in [7, 11) is 0. The van der Waals surface area contributed by atoms with Gasteiger partial charge in [0.1, 0.15) is 0 Å². The van der Waals surface area contributed by atoms with E-state index < -0.39 is 0 Å². The summed E-state index contributed by atoms with van der Waals surface area (Å²) in [4.78, 5) is 2.65. The maximum atomic E-state index is 4.51. The van der Waals surface area contributed by atoms with E-state index in [4.69, 9.17) is 0 Å². The fourth-order valence-corrected chi connectivity index (χ4v) is 3.50. The summed E-state index contributed by atoms with van der Waals surface area (Å²) >= 11 is 0.